The van der Waals surface area contributed by atoms with Gasteiger partial charge in [0.15, 0.2) is 5.76 Å². The second-order valence-corrected chi connectivity index (χ2v) is 6.57. The Labute approximate surface area is 129 Å². The number of fused-ring (bicyclic) bond motifs is 1. The first-order chi connectivity index (χ1) is 9.97. The summed E-state index contributed by atoms with van der Waals surface area (Å²) >= 11 is 6.09. The second-order valence-electron chi connectivity index (χ2n) is 4.82. The summed E-state index contributed by atoms with van der Waals surface area (Å²) in [6, 6.07) is 9.47. The summed E-state index contributed by atoms with van der Waals surface area (Å²) in [4.78, 5) is 0.585. The molecule has 2 nitrogen and oxygen atoms in total. The molecule has 0 saturated carbocycles. The number of hydrogen-bond acceptors (Lipinski definition) is 2. The molecule has 0 saturated heterocycles. The van der Waals surface area contributed by atoms with Crippen LogP contribution in [-0.4, -0.2) is 10.5 Å². The molecule has 0 N–H and O–H groups in total. The van der Waals surface area contributed by atoms with Crippen LogP contribution >= 0.6 is 11.6 Å². The van der Waals surface area contributed by atoms with E-state index in [1.807, 2.05) is 6.92 Å². The number of halogens is 2. The van der Waals surface area contributed by atoms with Gasteiger partial charge in [-0.3, -0.25) is 4.21 Å². The van der Waals surface area contributed by atoms with Gasteiger partial charge in [-0.05, 0) is 48.9 Å². The predicted octanol–water partition coefficient (Wildman–Crippen LogP) is 4.94. The summed E-state index contributed by atoms with van der Waals surface area (Å²) < 4.78 is 31.1. The topological polar surface area (TPSA) is 30.2 Å². The Balaban J connectivity index is 2.37. The van der Waals surface area contributed by atoms with Gasteiger partial charge in [-0.25, -0.2) is 4.39 Å². The van der Waals surface area contributed by atoms with Crippen molar-refractivity contribution in [3.05, 3.63) is 52.8 Å². The number of aryl methyl sites for hydroxylation is 1. The van der Waals surface area contributed by atoms with E-state index in [9.17, 15) is 8.60 Å². The zero-order chi connectivity index (χ0) is 15.1. The van der Waals surface area contributed by atoms with Crippen LogP contribution < -0.4 is 0 Å². The smallest absolute Gasteiger partial charge is 0.151 e. The third-order valence-corrected chi connectivity index (χ3v) is 4.49. The minimum Gasteiger partial charge on any atom is -0.454 e. The Hall–Kier alpha value is -1.65. The van der Waals surface area contributed by atoms with Crippen LogP contribution in [0.5, 0.6) is 0 Å². The maximum atomic E-state index is 13.1. The average Bonchev–Trinajstić information content (AvgIpc) is 2.79. The first-order valence-corrected chi connectivity index (χ1v) is 8.23. The highest BCUT2D eigenvalue weighted by Crippen LogP contribution is 2.38. The molecule has 5 heteroatoms. The predicted molar refractivity (Wildman–Crippen MR) is 83.7 cm³/mol. The van der Waals surface area contributed by atoms with E-state index in [-0.39, 0.29) is 5.82 Å². The quantitative estimate of drug-likeness (QED) is 0.669. The van der Waals surface area contributed by atoms with E-state index in [0.717, 1.165) is 10.9 Å². The molecule has 21 heavy (non-hydrogen) atoms. The molecule has 0 fully saturated rings. The zero-order valence-electron chi connectivity index (χ0n) is 11.4. The van der Waals surface area contributed by atoms with Crippen molar-refractivity contribution in [2.75, 3.05) is 6.26 Å². The van der Waals surface area contributed by atoms with Gasteiger partial charge in [0.05, 0.1) is 15.7 Å². The van der Waals surface area contributed by atoms with Crippen molar-refractivity contribution in [1.29, 1.82) is 0 Å². The van der Waals surface area contributed by atoms with E-state index in [0.29, 0.717) is 26.8 Å². The Morgan fingerprint density at radius 3 is 2.48 bits per heavy atom. The molecule has 0 aliphatic carbocycles. The zero-order valence-corrected chi connectivity index (χ0v) is 13.0. The van der Waals surface area contributed by atoms with E-state index in [1.165, 1.54) is 12.1 Å². The average molecular weight is 323 g/mol. The molecule has 0 aliphatic rings. The van der Waals surface area contributed by atoms with Crippen LogP contribution in [-0.2, 0) is 10.8 Å². The largest absolute Gasteiger partial charge is 0.454 e. The minimum atomic E-state index is -1.25. The highest BCUT2D eigenvalue weighted by molar-refractivity contribution is 7.84. The summed E-state index contributed by atoms with van der Waals surface area (Å²) in [5.41, 5.74) is 2.22. The van der Waals surface area contributed by atoms with Gasteiger partial charge in [0.2, 0.25) is 0 Å². The lowest BCUT2D eigenvalue weighted by molar-refractivity contribution is 0.616. The molecule has 2 aromatic carbocycles. The van der Waals surface area contributed by atoms with Gasteiger partial charge in [0, 0.05) is 22.2 Å². The highest BCUT2D eigenvalue weighted by atomic mass is 35.5. The van der Waals surface area contributed by atoms with Gasteiger partial charge in [-0.15, -0.1) is 0 Å². The molecule has 3 aromatic rings. The fourth-order valence-corrected chi connectivity index (χ4v) is 3.54. The van der Waals surface area contributed by atoms with Gasteiger partial charge in [-0.1, -0.05) is 11.6 Å². The lowest BCUT2D eigenvalue weighted by Crippen LogP contribution is -1.89. The standard InChI is InChI=1S/C16H12ClFO2S/c1-9-7-11(17)8-13-14(9)20-15(16(13)21(2)19)10-3-5-12(18)6-4-10/h3-8H,1-2H3/t21-/m1/s1. The summed E-state index contributed by atoms with van der Waals surface area (Å²) in [6.07, 6.45) is 1.59. The molecule has 0 spiro atoms. The third-order valence-electron chi connectivity index (χ3n) is 3.29. The molecule has 0 aliphatic heterocycles. The van der Waals surface area contributed by atoms with Crippen LogP contribution in [0.25, 0.3) is 22.3 Å². The summed E-state index contributed by atoms with van der Waals surface area (Å²) in [7, 11) is -1.25. The van der Waals surface area contributed by atoms with Crippen molar-refractivity contribution < 1.29 is 13.0 Å². The van der Waals surface area contributed by atoms with E-state index in [1.54, 1.807) is 30.5 Å². The lowest BCUT2D eigenvalue weighted by Gasteiger charge is -2.00. The van der Waals surface area contributed by atoms with Crippen LogP contribution in [0, 0.1) is 12.7 Å². The Bertz CT molecular complexity index is 853. The lowest BCUT2D eigenvalue weighted by atomic mass is 10.1. The second kappa shape index (κ2) is 5.28. The Morgan fingerprint density at radius 1 is 1.19 bits per heavy atom. The number of benzene rings is 2. The molecule has 0 unspecified atom stereocenters. The van der Waals surface area contributed by atoms with Crippen LogP contribution in [0.4, 0.5) is 4.39 Å². The molecular weight excluding hydrogens is 311 g/mol. The van der Waals surface area contributed by atoms with Crippen molar-refractivity contribution >= 4 is 33.4 Å². The van der Waals surface area contributed by atoms with Crippen LogP contribution in [0.15, 0.2) is 45.7 Å². The minimum absolute atomic E-state index is 0.326. The Kier molecular flexibility index (Phi) is 3.59. The molecule has 0 radical (unpaired) electrons. The molecule has 108 valence electrons. The summed E-state index contributed by atoms with van der Waals surface area (Å²) in [5, 5.41) is 1.30. The number of hydrogen-bond donors (Lipinski definition) is 0. The SMILES string of the molecule is Cc1cc(Cl)cc2c([S@@](C)=O)c(-c3ccc(F)cc3)oc12. The van der Waals surface area contributed by atoms with Crippen molar-refractivity contribution in [3.63, 3.8) is 0 Å². The van der Waals surface area contributed by atoms with E-state index >= 15 is 0 Å². The third kappa shape index (κ3) is 2.49. The summed E-state index contributed by atoms with van der Waals surface area (Å²) in [6.45, 7) is 1.88. The first kappa shape index (κ1) is 14.3. The molecule has 0 amide bonds. The maximum Gasteiger partial charge on any atom is 0.151 e. The monoisotopic (exact) mass is 322 g/mol. The van der Waals surface area contributed by atoms with E-state index in [4.69, 9.17) is 16.0 Å². The molecule has 1 aromatic heterocycles. The maximum absolute atomic E-state index is 13.1. The van der Waals surface area contributed by atoms with Crippen molar-refractivity contribution in [1.82, 2.24) is 0 Å². The molecule has 1 heterocycles. The van der Waals surface area contributed by atoms with Crippen LogP contribution in [0.2, 0.25) is 5.02 Å². The van der Waals surface area contributed by atoms with Gasteiger partial charge >= 0.3 is 0 Å². The first-order valence-electron chi connectivity index (χ1n) is 6.29. The molecule has 3 rings (SSSR count). The fourth-order valence-electron chi connectivity index (χ4n) is 2.38. The van der Waals surface area contributed by atoms with Gasteiger partial charge in [0.25, 0.3) is 0 Å². The van der Waals surface area contributed by atoms with Crippen LogP contribution in [0.3, 0.4) is 0 Å². The Morgan fingerprint density at radius 2 is 1.86 bits per heavy atom. The van der Waals surface area contributed by atoms with Crippen molar-refractivity contribution in [2.45, 2.75) is 11.8 Å². The molecule has 0 bridgehead atoms. The molecular formula is C16H12ClFO2S. The van der Waals surface area contributed by atoms with Gasteiger partial charge < -0.3 is 4.42 Å². The van der Waals surface area contributed by atoms with E-state index < -0.39 is 10.8 Å². The normalized spacial score (nSPS) is 12.8. The number of furan rings is 1. The fraction of sp³-hybridized carbons (Fsp3) is 0.125. The van der Waals surface area contributed by atoms with Crippen molar-refractivity contribution in [2.24, 2.45) is 0 Å². The molecule has 1 atom stereocenters. The van der Waals surface area contributed by atoms with Crippen LogP contribution in [0.1, 0.15) is 5.56 Å². The van der Waals surface area contributed by atoms with E-state index in [2.05, 4.69) is 0 Å². The number of rotatable bonds is 2. The van der Waals surface area contributed by atoms with Gasteiger partial charge in [0.1, 0.15) is 11.4 Å². The summed E-state index contributed by atoms with van der Waals surface area (Å²) in [5.74, 6) is 0.171. The van der Waals surface area contributed by atoms with Gasteiger partial charge in [-0.2, -0.15) is 0 Å². The van der Waals surface area contributed by atoms with Crippen molar-refractivity contribution in [3.8, 4) is 11.3 Å². The highest BCUT2D eigenvalue weighted by Gasteiger charge is 2.20.